The van der Waals surface area contributed by atoms with E-state index in [-0.39, 0.29) is 31.0 Å². The number of aliphatic carboxylic acids is 1. The van der Waals surface area contributed by atoms with Crippen LogP contribution in [0.2, 0.25) is 5.02 Å². The topological polar surface area (TPSA) is 81.3 Å². The van der Waals surface area contributed by atoms with E-state index >= 15 is 0 Å². The molecule has 1 N–H and O–H groups in total. The molecule has 0 saturated heterocycles. The number of thioether (sulfide) groups is 1. The van der Waals surface area contributed by atoms with Gasteiger partial charge in [0.2, 0.25) is 0 Å². The second kappa shape index (κ2) is 7.52. The summed E-state index contributed by atoms with van der Waals surface area (Å²) in [7, 11) is 0.804. The molecular formula is C17H13ClF4N2O4S. The highest BCUT2D eigenvalue weighted by molar-refractivity contribution is 8.00. The summed E-state index contributed by atoms with van der Waals surface area (Å²) >= 11 is 6.82. The average molecular weight is 453 g/mol. The van der Waals surface area contributed by atoms with Gasteiger partial charge in [0.15, 0.2) is 0 Å². The Balaban J connectivity index is 2.15. The highest BCUT2D eigenvalue weighted by Crippen LogP contribution is 2.44. The van der Waals surface area contributed by atoms with Crippen LogP contribution in [0.5, 0.6) is 0 Å². The minimum absolute atomic E-state index is 0.0937. The van der Waals surface area contributed by atoms with E-state index in [2.05, 4.69) is 0 Å². The SMILES string of the molecule is Cn1c(C(F)(F)F)cc(=O)n(-c2cc(SC(C(=O)O)C3CC3)c(Cl)cc2F)c1=O. The van der Waals surface area contributed by atoms with Crippen LogP contribution in [0.25, 0.3) is 5.69 Å². The van der Waals surface area contributed by atoms with Crippen LogP contribution in [-0.4, -0.2) is 25.5 Å². The monoisotopic (exact) mass is 452 g/mol. The van der Waals surface area contributed by atoms with Crippen LogP contribution in [0, 0.1) is 11.7 Å². The number of carbonyl (C=O) groups is 1. The first kappa shape index (κ1) is 21.4. The van der Waals surface area contributed by atoms with Gasteiger partial charge in [0.25, 0.3) is 5.56 Å². The summed E-state index contributed by atoms with van der Waals surface area (Å²) in [5, 5.41) is 8.35. The molecule has 156 valence electrons. The van der Waals surface area contributed by atoms with E-state index in [0.717, 1.165) is 30.9 Å². The Kier molecular flexibility index (Phi) is 5.56. The summed E-state index contributed by atoms with van der Waals surface area (Å²) in [5.74, 6) is -2.30. The van der Waals surface area contributed by atoms with Crippen molar-refractivity contribution in [1.82, 2.24) is 9.13 Å². The zero-order chi connectivity index (χ0) is 21.7. The maximum atomic E-state index is 14.5. The molecule has 1 unspecified atom stereocenters. The van der Waals surface area contributed by atoms with E-state index in [1.54, 1.807) is 0 Å². The predicted molar refractivity (Wildman–Crippen MR) is 97.3 cm³/mol. The van der Waals surface area contributed by atoms with Gasteiger partial charge in [-0.05, 0) is 30.9 Å². The van der Waals surface area contributed by atoms with Crippen LogP contribution in [0.1, 0.15) is 18.5 Å². The number of halogens is 5. The van der Waals surface area contributed by atoms with Crippen LogP contribution in [0.3, 0.4) is 0 Å². The zero-order valence-corrected chi connectivity index (χ0v) is 16.2. The van der Waals surface area contributed by atoms with E-state index in [4.69, 9.17) is 11.6 Å². The number of nitrogens with zero attached hydrogens (tertiary/aromatic N) is 2. The lowest BCUT2D eigenvalue weighted by Crippen LogP contribution is -2.41. The number of alkyl halides is 3. The molecule has 1 saturated carbocycles. The Morgan fingerprint density at radius 3 is 2.41 bits per heavy atom. The number of carboxylic acids is 1. The Bertz CT molecular complexity index is 1110. The summed E-state index contributed by atoms with van der Waals surface area (Å²) in [4.78, 5) is 36.1. The largest absolute Gasteiger partial charge is 0.480 e. The van der Waals surface area contributed by atoms with Crippen LogP contribution < -0.4 is 11.2 Å². The number of carboxylic acid groups (broad SMARTS) is 1. The van der Waals surface area contributed by atoms with Crippen molar-refractivity contribution in [3.63, 3.8) is 0 Å². The maximum absolute atomic E-state index is 14.5. The van der Waals surface area contributed by atoms with Crippen molar-refractivity contribution in [2.24, 2.45) is 13.0 Å². The average Bonchev–Trinajstić information content (AvgIpc) is 3.42. The summed E-state index contributed by atoms with van der Waals surface area (Å²) in [6, 6.07) is 1.97. The smallest absolute Gasteiger partial charge is 0.431 e. The third-order valence-electron chi connectivity index (χ3n) is 4.40. The van der Waals surface area contributed by atoms with Crippen LogP contribution in [-0.2, 0) is 18.0 Å². The van der Waals surface area contributed by atoms with E-state index in [0.29, 0.717) is 12.8 Å². The molecule has 0 spiro atoms. The fraction of sp³-hybridized carbons (Fsp3) is 0.353. The van der Waals surface area contributed by atoms with Gasteiger partial charge < -0.3 is 5.11 Å². The van der Waals surface area contributed by atoms with Crippen LogP contribution >= 0.6 is 23.4 Å². The number of rotatable bonds is 5. The van der Waals surface area contributed by atoms with Gasteiger partial charge >= 0.3 is 17.8 Å². The minimum Gasteiger partial charge on any atom is -0.480 e. The molecule has 3 rings (SSSR count). The summed E-state index contributed by atoms with van der Waals surface area (Å²) < 4.78 is 53.8. The molecule has 12 heteroatoms. The number of hydrogen-bond donors (Lipinski definition) is 1. The molecule has 0 bridgehead atoms. The van der Waals surface area contributed by atoms with E-state index in [9.17, 15) is 37.1 Å². The quantitative estimate of drug-likeness (QED) is 0.556. The van der Waals surface area contributed by atoms with Crippen molar-refractivity contribution < 1.29 is 27.5 Å². The van der Waals surface area contributed by atoms with Gasteiger partial charge in [-0.3, -0.25) is 14.2 Å². The lowest BCUT2D eigenvalue weighted by atomic mass is 10.3. The first-order valence-corrected chi connectivity index (χ1v) is 9.46. The van der Waals surface area contributed by atoms with Gasteiger partial charge in [0, 0.05) is 18.0 Å². The molecule has 1 fully saturated rings. The lowest BCUT2D eigenvalue weighted by molar-refractivity contribution is -0.144. The second-order valence-electron chi connectivity index (χ2n) is 6.49. The Labute approximate surface area is 169 Å². The molecule has 1 aliphatic carbocycles. The Morgan fingerprint density at radius 2 is 1.90 bits per heavy atom. The Morgan fingerprint density at radius 1 is 1.28 bits per heavy atom. The normalized spacial score (nSPS) is 15.4. The maximum Gasteiger partial charge on any atom is 0.431 e. The van der Waals surface area contributed by atoms with Gasteiger partial charge in [-0.25, -0.2) is 13.8 Å². The summed E-state index contributed by atoms with van der Waals surface area (Å²) in [5.41, 5.74) is -4.88. The highest BCUT2D eigenvalue weighted by atomic mass is 35.5. The van der Waals surface area contributed by atoms with Crippen molar-refractivity contribution in [3.05, 3.63) is 55.6 Å². The molecule has 1 heterocycles. The van der Waals surface area contributed by atoms with E-state index in [1.807, 2.05) is 0 Å². The van der Waals surface area contributed by atoms with Gasteiger partial charge in [0.05, 0.1) is 10.7 Å². The molecule has 0 radical (unpaired) electrons. The molecule has 1 aliphatic rings. The molecule has 1 atom stereocenters. The third-order valence-corrected chi connectivity index (χ3v) is 6.26. The Hall–Kier alpha value is -2.27. The van der Waals surface area contributed by atoms with Crippen molar-refractivity contribution in [2.45, 2.75) is 29.2 Å². The molecular weight excluding hydrogens is 440 g/mol. The van der Waals surface area contributed by atoms with Gasteiger partial charge in [-0.2, -0.15) is 13.2 Å². The molecule has 0 amide bonds. The summed E-state index contributed by atoms with van der Waals surface area (Å²) in [6.45, 7) is 0. The van der Waals surface area contributed by atoms with Crippen molar-refractivity contribution in [1.29, 1.82) is 0 Å². The molecule has 0 aliphatic heterocycles. The molecule has 6 nitrogen and oxygen atoms in total. The van der Waals surface area contributed by atoms with Crippen molar-refractivity contribution in [2.75, 3.05) is 0 Å². The van der Waals surface area contributed by atoms with Gasteiger partial charge in [0.1, 0.15) is 16.8 Å². The standard InChI is InChI=1S/C17H13ClF4N2O4S/c1-23-12(17(20,21)22)6-13(25)24(16(23)28)10-5-11(8(18)4-9(10)19)29-14(15(26)27)7-2-3-7/h4-7,14H,2-3H2,1H3,(H,26,27). The fourth-order valence-electron chi connectivity index (χ4n) is 2.78. The minimum atomic E-state index is -4.95. The second-order valence-corrected chi connectivity index (χ2v) is 8.08. The number of benzene rings is 1. The first-order chi connectivity index (χ1) is 13.4. The fourth-order valence-corrected chi connectivity index (χ4v) is 4.26. The van der Waals surface area contributed by atoms with Gasteiger partial charge in [-0.1, -0.05) is 11.6 Å². The number of hydrogen-bond acceptors (Lipinski definition) is 4. The number of aromatic nitrogens is 2. The molecule has 1 aromatic heterocycles. The van der Waals surface area contributed by atoms with E-state index < -0.39 is 45.8 Å². The van der Waals surface area contributed by atoms with E-state index in [1.165, 1.54) is 0 Å². The lowest BCUT2D eigenvalue weighted by Gasteiger charge is -2.16. The summed E-state index contributed by atoms with van der Waals surface area (Å²) in [6.07, 6.45) is -3.55. The van der Waals surface area contributed by atoms with Crippen LogP contribution in [0.15, 0.2) is 32.7 Å². The highest BCUT2D eigenvalue weighted by Gasteiger charge is 2.38. The zero-order valence-electron chi connectivity index (χ0n) is 14.7. The van der Waals surface area contributed by atoms with Crippen LogP contribution in [0.4, 0.5) is 17.6 Å². The third kappa shape index (κ3) is 4.20. The molecule has 2 aromatic rings. The first-order valence-electron chi connectivity index (χ1n) is 8.21. The van der Waals surface area contributed by atoms with Gasteiger partial charge in [-0.15, -0.1) is 11.8 Å². The van der Waals surface area contributed by atoms with Crippen molar-refractivity contribution >= 4 is 29.3 Å². The molecule has 1 aromatic carbocycles. The van der Waals surface area contributed by atoms with Crippen molar-refractivity contribution in [3.8, 4) is 5.69 Å². The molecule has 29 heavy (non-hydrogen) atoms. The predicted octanol–water partition coefficient (Wildman–Crippen LogP) is 3.30.